The van der Waals surface area contributed by atoms with E-state index < -0.39 is 0 Å². The SMILES string of the molecule is COc1cc(N2C[C@H]3C[C@@H](C2)[C@H](CN(C)C)n2c3cccc2=O)ncn1. The van der Waals surface area contributed by atoms with E-state index in [1.807, 2.05) is 16.7 Å². The first kappa shape index (κ1) is 17.0. The number of anilines is 1. The van der Waals surface area contributed by atoms with Crippen molar-refractivity contribution in [2.45, 2.75) is 18.4 Å². The van der Waals surface area contributed by atoms with E-state index >= 15 is 0 Å². The smallest absolute Gasteiger partial charge is 0.251 e. The van der Waals surface area contributed by atoms with Crippen molar-refractivity contribution in [1.29, 1.82) is 0 Å². The fourth-order valence-corrected chi connectivity index (χ4v) is 4.45. The summed E-state index contributed by atoms with van der Waals surface area (Å²) in [7, 11) is 5.75. The quantitative estimate of drug-likeness (QED) is 0.826. The topological polar surface area (TPSA) is 63.5 Å². The van der Waals surface area contributed by atoms with E-state index in [9.17, 15) is 4.79 Å². The molecular weight excluding hydrogens is 330 g/mol. The molecule has 0 aromatic carbocycles. The Bertz CT molecular complexity index is 850. The third-order valence-electron chi connectivity index (χ3n) is 5.51. The molecule has 2 aliphatic heterocycles. The highest BCUT2D eigenvalue weighted by atomic mass is 16.5. The molecule has 138 valence electrons. The molecule has 1 fully saturated rings. The number of aromatic nitrogens is 3. The second-order valence-corrected chi connectivity index (χ2v) is 7.50. The molecule has 4 heterocycles. The van der Waals surface area contributed by atoms with Crippen LogP contribution in [0.5, 0.6) is 5.88 Å². The van der Waals surface area contributed by atoms with Gasteiger partial charge in [-0.2, -0.15) is 0 Å². The van der Waals surface area contributed by atoms with Crippen LogP contribution in [0.4, 0.5) is 5.82 Å². The van der Waals surface area contributed by atoms with Crippen molar-refractivity contribution >= 4 is 5.82 Å². The summed E-state index contributed by atoms with van der Waals surface area (Å²) >= 11 is 0. The molecule has 3 atom stereocenters. The minimum atomic E-state index is 0.112. The molecule has 2 aromatic rings. The molecule has 26 heavy (non-hydrogen) atoms. The first-order valence-electron chi connectivity index (χ1n) is 9.04. The number of methoxy groups -OCH3 is 1. The van der Waals surface area contributed by atoms with Crippen molar-refractivity contribution in [2.24, 2.45) is 5.92 Å². The largest absolute Gasteiger partial charge is 0.481 e. The average Bonchev–Trinajstić information content (AvgIpc) is 2.65. The molecule has 4 rings (SSSR count). The molecule has 0 amide bonds. The zero-order valence-corrected chi connectivity index (χ0v) is 15.5. The van der Waals surface area contributed by atoms with Crippen molar-refractivity contribution in [1.82, 2.24) is 19.4 Å². The zero-order valence-electron chi connectivity index (χ0n) is 15.5. The van der Waals surface area contributed by atoms with Crippen molar-refractivity contribution in [3.63, 3.8) is 0 Å². The van der Waals surface area contributed by atoms with Gasteiger partial charge in [-0.3, -0.25) is 4.79 Å². The number of likely N-dealkylation sites (N-methyl/N-ethyl adjacent to an activating group) is 1. The van der Waals surface area contributed by atoms with Crippen LogP contribution in [0.3, 0.4) is 0 Å². The second-order valence-electron chi connectivity index (χ2n) is 7.50. The normalized spacial score (nSPS) is 24.5. The maximum Gasteiger partial charge on any atom is 0.251 e. The highest BCUT2D eigenvalue weighted by molar-refractivity contribution is 5.43. The van der Waals surface area contributed by atoms with Gasteiger partial charge in [0.25, 0.3) is 5.56 Å². The molecule has 0 saturated carbocycles. The highest BCUT2D eigenvalue weighted by Gasteiger charge is 2.41. The van der Waals surface area contributed by atoms with Crippen LogP contribution in [0.25, 0.3) is 0 Å². The molecule has 0 unspecified atom stereocenters. The Hall–Kier alpha value is -2.41. The molecule has 2 aliphatic rings. The van der Waals surface area contributed by atoms with E-state index in [0.717, 1.165) is 37.6 Å². The van der Waals surface area contributed by atoms with Crippen LogP contribution >= 0.6 is 0 Å². The summed E-state index contributed by atoms with van der Waals surface area (Å²) in [4.78, 5) is 25.7. The molecule has 0 radical (unpaired) electrons. The molecule has 0 spiro atoms. The number of piperidine rings is 1. The molecule has 2 bridgehead atoms. The first-order valence-corrected chi connectivity index (χ1v) is 9.04. The molecule has 7 nitrogen and oxygen atoms in total. The van der Waals surface area contributed by atoms with E-state index in [0.29, 0.717) is 17.7 Å². The number of rotatable bonds is 4. The summed E-state index contributed by atoms with van der Waals surface area (Å²) in [6.07, 6.45) is 2.66. The van der Waals surface area contributed by atoms with Crippen molar-refractivity contribution in [3.05, 3.63) is 46.6 Å². The number of hydrogen-bond donors (Lipinski definition) is 0. The highest BCUT2D eigenvalue weighted by Crippen LogP contribution is 2.42. The van der Waals surface area contributed by atoms with E-state index in [1.165, 1.54) is 0 Å². The van der Waals surface area contributed by atoms with E-state index in [4.69, 9.17) is 4.74 Å². The predicted molar refractivity (Wildman–Crippen MR) is 99.9 cm³/mol. The lowest BCUT2D eigenvalue weighted by Gasteiger charge is -2.47. The van der Waals surface area contributed by atoms with Gasteiger partial charge in [-0.25, -0.2) is 9.97 Å². The Morgan fingerprint density at radius 3 is 2.88 bits per heavy atom. The van der Waals surface area contributed by atoms with Gasteiger partial charge in [-0.15, -0.1) is 0 Å². The van der Waals surface area contributed by atoms with Gasteiger partial charge in [-0.1, -0.05) is 6.07 Å². The van der Waals surface area contributed by atoms with Gasteiger partial charge in [0.05, 0.1) is 13.2 Å². The standard InChI is InChI=1S/C19H25N5O2/c1-22(2)11-16-14-7-13(15-5-4-6-19(25)24(15)16)9-23(10-14)17-8-18(26-3)21-12-20-17/h4-6,8,12-14,16H,7,9-11H2,1-3H3/t13-,14+,16+/m1/s1. The maximum absolute atomic E-state index is 12.6. The number of hydrogen-bond acceptors (Lipinski definition) is 6. The number of pyridine rings is 1. The third kappa shape index (κ3) is 2.96. The van der Waals surface area contributed by atoms with Crippen LogP contribution in [0.2, 0.25) is 0 Å². The third-order valence-corrected chi connectivity index (χ3v) is 5.51. The molecule has 0 N–H and O–H groups in total. The van der Waals surface area contributed by atoms with Crippen LogP contribution in [0.15, 0.2) is 35.4 Å². The van der Waals surface area contributed by atoms with E-state index in [1.54, 1.807) is 19.5 Å². The number of nitrogens with zero attached hydrogens (tertiary/aromatic N) is 5. The van der Waals surface area contributed by atoms with Crippen LogP contribution in [0.1, 0.15) is 24.1 Å². The van der Waals surface area contributed by atoms with Gasteiger partial charge in [0, 0.05) is 43.4 Å². The Labute approximate surface area is 153 Å². The Morgan fingerprint density at radius 2 is 2.12 bits per heavy atom. The summed E-state index contributed by atoms with van der Waals surface area (Å²) in [6, 6.07) is 7.74. The summed E-state index contributed by atoms with van der Waals surface area (Å²) < 4.78 is 7.29. The molecule has 7 heteroatoms. The van der Waals surface area contributed by atoms with Crippen molar-refractivity contribution in [2.75, 3.05) is 45.7 Å². The number of fused-ring (bicyclic) bond motifs is 4. The van der Waals surface area contributed by atoms with E-state index in [2.05, 4.69) is 39.9 Å². The van der Waals surface area contributed by atoms with Gasteiger partial charge in [0.15, 0.2) is 0 Å². The minimum Gasteiger partial charge on any atom is -0.481 e. The van der Waals surface area contributed by atoms with Gasteiger partial charge in [-0.05, 0) is 32.5 Å². The van der Waals surface area contributed by atoms with Gasteiger partial charge >= 0.3 is 0 Å². The lowest BCUT2D eigenvalue weighted by atomic mass is 9.78. The lowest BCUT2D eigenvalue weighted by Crippen LogP contribution is -2.51. The summed E-state index contributed by atoms with van der Waals surface area (Å²) in [6.45, 7) is 2.60. The lowest BCUT2D eigenvalue weighted by molar-refractivity contribution is 0.174. The summed E-state index contributed by atoms with van der Waals surface area (Å²) in [5, 5.41) is 0. The fraction of sp³-hybridized carbons (Fsp3) is 0.526. The Morgan fingerprint density at radius 1 is 1.27 bits per heavy atom. The van der Waals surface area contributed by atoms with Gasteiger partial charge in [0.1, 0.15) is 12.1 Å². The van der Waals surface area contributed by atoms with Gasteiger partial charge < -0.3 is 19.1 Å². The molecule has 0 aliphatic carbocycles. The molecule has 1 saturated heterocycles. The Kier molecular flexibility index (Phi) is 4.40. The molecular formula is C19H25N5O2. The number of ether oxygens (including phenoxy) is 1. The Balaban J connectivity index is 1.73. The monoisotopic (exact) mass is 355 g/mol. The average molecular weight is 355 g/mol. The van der Waals surface area contributed by atoms with Crippen molar-refractivity contribution < 1.29 is 4.74 Å². The second kappa shape index (κ2) is 6.72. The van der Waals surface area contributed by atoms with Gasteiger partial charge in [0.2, 0.25) is 5.88 Å². The maximum atomic E-state index is 12.6. The van der Waals surface area contributed by atoms with E-state index in [-0.39, 0.29) is 11.6 Å². The minimum absolute atomic E-state index is 0.112. The van der Waals surface area contributed by atoms with Crippen LogP contribution in [-0.4, -0.2) is 60.3 Å². The fourth-order valence-electron chi connectivity index (χ4n) is 4.45. The van der Waals surface area contributed by atoms with Crippen LogP contribution in [0, 0.1) is 5.92 Å². The zero-order chi connectivity index (χ0) is 18.3. The predicted octanol–water partition coefficient (Wildman–Crippen LogP) is 1.37. The van der Waals surface area contributed by atoms with Crippen LogP contribution in [-0.2, 0) is 0 Å². The van der Waals surface area contributed by atoms with Crippen LogP contribution < -0.4 is 15.2 Å². The summed E-state index contributed by atoms with van der Waals surface area (Å²) in [5.74, 6) is 2.21. The first-order chi connectivity index (χ1) is 12.6. The van der Waals surface area contributed by atoms with Crippen molar-refractivity contribution in [3.8, 4) is 5.88 Å². The summed E-state index contributed by atoms with van der Waals surface area (Å²) in [5.41, 5.74) is 1.26. The molecule has 2 aromatic heterocycles.